The van der Waals surface area contributed by atoms with Crippen molar-refractivity contribution in [2.75, 3.05) is 11.9 Å². The van der Waals surface area contributed by atoms with Crippen LogP contribution in [0, 0.1) is 0 Å². The molecule has 0 saturated heterocycles. The lowest BCUT2D eigenvalue weighted by Crippen LogP contribution is -2.42. The molecule has 2 rings (SSSR count). The third kappa shape index (κ3) is 6.98. The van der Waals surface area contributed by atoms with E-state index < -0.39 is 40.5 Å². The van der Waals surface area contributed by atoms with E-state index in [-0.39, 0.29) is 4.90 Å². The van der Waals surface area contributed by atoms with Crippen LogP contribution in [0.2, 0.25) is 0 Å². The molecule has 0 fully saturated rings. The maximum absolute atomic E-state index is 12.3. The predicted molar refractivity (Wildman–Crippen MR) is 110 cm³/mol. The SMILES string of the molecule is CCC[C@H](NC(=O)c1ccccc1)C(=O)OCC(=O)Nc1ccc(S(N)(=O)=O)cc1. The minimum atomic E-state index is -3.83. The molecule has 0 aliphatic heterocycles. The maximum Gasteiger partial charge on any atom is 0.329 e. The Morgan fingerprint density at radius 2 is 1.67 bits per heavy atom. The number of sulfonamides is 1. The number of nitrogens with two attached hydrogens (primary N) is 1. The minimum absolute atomic E-state index is 0.0940. The Bertz CT molecular complexity index is 991. The standard InChI is InChI=1S/C20H23N3O6S/c1-2-6-17(23-19(25)14-7-4-3-5-8-14)20(26)29-13-18(24)22-15-9-11-16(12-10-15)30(21,27)28/h3-5,7-12,17H,2,6,13H2,1H3,(H,22,24)(H,23,25)(H2,21,27,28)/t17-/m0/s1. The van der Waals surface area contributed by atoms with Gasteiger partial charge in [0.2, 0.25) is 10.0 Å². The van der Waals surface area contributed by atoms with Crippen LogP contribution in [0.5, 0.6) is 0 Å². The van der Waals surface area contributed by atoms with Crippen molar-refractivity contribution in [3.8, 4) is 0 Å². The molecule has 0 radical (unpaired) electrons. The van der Waals surface area contributed by atoms with Gasteiger partial charge in [0, 0.05) is 11.3 Å². The number of primary sulfonamides is 1. The molecule has 160 valence electrons. The van der Waals surface area contributed by atoms with Crippen LogP contribution in [0.25, 0.3) is 0 Å². The largest absolute Gasteiger partial charge is 0.454 e. The van der Waals surface area contributed by atoms with Crippen LogP contribution in [0.4, 0.5) is 5.69 Å². The fraction of sp³-hybridized carbons (Fsp3) is 0.250. The predicted octanol–water partition coefficient (Wildman–Crippen LogP) is 1.41. The van der Waals surface area contributed by atoms with Gasteiger partial charge in [-0.1, -0.05) is 31.5 Å². The second kappa shape index (κ2) is 10.5. The quantitative estimate of drug-likeness (QED) is 0.510. The molecule has 2 aromatic carbocycles. The van der Waals surface area contributed by atoms with Crippen molar-refractivity contribution in [2.45, 2.75) is 30.7 Å². The van der Waals surface area contributed by atoms with Gasteiger partial charge < -0.3 is 15.4 Å². The average Bonchev–Trinajstić information content (AvgIpc) is 2.72. The molecule has 0 spiro atoms. The second-order valence-electron chi connectivity index (χ2n) is 6.41. The fourth-order valence-electron chi connectivity index (χ4n) is 2.53. The van der Waals surface area contributed by atoms with E-state index in [1.54, 1.807) is 30.3 Å². The first-order valence-corrected chi connectivity index (χ1v) is 10.7. The van der Waals surface area contributed by atoms with E-state index in [9.17, 15) is 22.8 Å². The summed E-state index contributed by atoms with van der Waals surface area (Å²) < 4.78 is 27.5. The molecule has 10 heteroatoms. The highest BCUT2D eigenvalue weighted by Crippen LogP contribution is 2.12. The second-order valence-corrected chi connectivity index (χ2v) is 7.97. The number of benzene rings is 2. The average molecular weight is 433 g/mol. The third-order valence-electron chi connectivity index (χ3n) is 4.02. The van der Waals surface area contributed by atoms with Crippen molar-refractivity contribution in [1.29, 1.82) is 0 Å². The van der Waals surface area contributed by atoms with Crippen molar-refractivity contribution in [2.24, 2.45) is 5.14 Å². The molecule has 0 aromatic heterocycles. The Balaban J connectivity index is 1.89. The molecule has 0 saturated carbocycles. The highest BCUT2D eigenvalue weighted by atomic mass is 32.2. The van der Waals surface area contributed by atoms with Gasteiger partial charge in [0.1, 0.15) is 6.04 Å². The molecular formula is C20H23N3O6S. The summed E-state index contributed by atoms with van der Waals surface area (Å²) in [5, 5.41) is 10.1. The van der Waals surface area contributed by atoms with Crippen molar-refractivity contribution in [3.63, 3.8) is 0 Å². The van der Waals surface area contributed by atoms with Crippen LogP contribution in [-0.4, -0.2) is 38.9 Å². The van der Waals surface area contributed by atoms with Crippen LogP contribution in [-0.2, 0) is 24.3 Å². The molecule has 2 amide bonds. The number of carbonyl (C=O) groups excluding carboxylic acids is 3. The molecule has 0 aliphatic carbocycles. The number of hydrogen-bond acceptors (Lipinski definition) is 6. The first-order chi connectivity index (χ1) is 14.2. The molecule has 2 aromatic rings. The monoisotopic (exact) mass is 433 g/mol. The summed E-state index contributed by atoms with van der Waals surface area (Å²) >= 11 is 0. The number of nitrogens with one attached hydrogen (secondary N) is 2. The van der Waals surface area contributed by atoms with Gasteiger partial charge in [-0.15, -0.1) is 0 Å². The number of amides is 2. The van der Waals surface area contributed by atoms with E-state index in [0.29, 0.717) is 24.1 Å². The summed E-state index contributed by atoms with van der Waals surface area (Å²) in [4.78, 5) is 36.5. The molecule has 9 nitrogen and oxygen atoms in total. The van der Waals surface area contributed by atoms with E-state index in [2.05, 4.69) is 10.6 Å². The van der Waals surface area contributed by atoms with Gasteiger partial charge in [-0.05, 0) is 42.8 Å². The van der Waals surface area contributed by atoms with E-state index >= 15 is 0 Å². The zero-order chi connectivity index (χ0) is 22.1. The topological polar surface area (TPSA) is 145 Å². The van der Waals surface area contributed by atoms with Crippen LogP contribution >= 0.6 is 0 Å². The van der Waals surface area contributed by atoms with Gasteiger partial charge in [-0.3, -0.25) is 9.59 Å². The lowest BCUT2D eigenvalue weighted by Gasteiger charge is -2.17. The van der Waals surface area contributed by atoms with Crippen molar-refractivity contribution in [1.82, 2.24) is 5.32 Å². The van der Waals surface area contributed by atoms with Crippen molar-refractivity contribution >= 4 is 33.5 Å². The molecule has 4 N–H and O–H groups in total. The minimum Gasteiger partial charge on any atom is -0.454 e. The summed E-state index contributed by atoms with van der Waals surface area (Å²) in [5.41, 5.74) is 0.720. The highest BCUT2D eigenvalue weighted by molar-refractivity contribution is 7.89. The van der Waals surface area contributed by atoms with Gasteiger partial charge in [-0.2, -0.15) is 0 Å². The van der Waals surface area contributed by atoms with E-state index in [1.807, 2.05) is 6.92 Å². The molecule has 0 bridgehead atoms. The Kier molecular flexibility index (Phi) is 8.07. The number of hydrogen-bond donors (Lipinski definition) is 3. The Hall–Kier alpha value is -3.24. The van der Waals surface area contributed by atoms with E-state index in [1.165, 1.54) is 24.3 Å². The summed E-state index contributed by atoms with van der Waals surface area (Å²) in [6, 6.07) is 12.8. The van der Waals surface area contributed by atoms with E-state index in [0.717, 1.165) is 0 Å². The van der Waals surface area contributed by atoms with Crippen LogP contribution < -0.4 is 15.8 Å². The lowest BCUT2D eigenvalue weighted by molar-refractivity contribution is -0.149. The summed E-state index contributed by atoms with van der Waals surface area (Å²) in [7, 11) is -3.83. The van der Waals surface area contributed by atoms with Gasteiger partial charge >= 0.3 is 5.97 Å². The molecule has 0 aliphatic rings. The molecular weight excluding hydrogens is 410 g/mol. The van der Waals surface area contributed by atoms with Crippen molar-refractivity contribution < 1.29 is 27.5 Å². The summed E-state index contributed by atoms with van der Waals surface area (Å²) in [6.07, 6.45) is 0.978. The van der Waals surface area contributed by atoms with Crippen LogP contribution in [0.15, 0.2) is 59.5 Å². The van der Waals surface area contributed by atoms with Crippen molar-refractivity contribution in [3.05, 3.63) is 60.2 Å². The van der Waals surface area contributed by atoms with Crippen LogP contribution in [0.1, 0.15) is 30.1 Å². The fourth-order valence-corrected chi connectivity index (χ4v) is 3.05. The number of carbonyl (C=O) groups is 3. The Labute approximate surface area is 174 Å². The van der Waals surface area contributed by atoms with Gasteiger partial charge in [0.25, 0.3) is 11.8 Å². The number of esters is 1. The summed E-state index contributed by atoms with van der Waals surface area (Å²) in [6.45, 7) is 1.30. The maximum atomic E-state index is 12.3. The zero-order valence-corrected chi connectivity index (χ0v) is 17.1. The highest BCUT2D eigenvalue weighted by Gasteiger charge is 2.23. The number of rotatable bonds is 9. The lowest BCUT2D eigenvalue weighted by atomic mass is 10.1. The summed E-state index contributed by atoms with van der Waals surface area (Å²) in [5.74, 6) is -1.75. The molecule has 30 heavy (non-hydrogen) atoms. The molecule has 1 atom stereocenters. The first kappa shape index (κ1) is 23.0. The van der Waals surface area contributed by atoms with Gasteiger partial charge in [0.15, 0.2) is 6.61 Å². The third-order valence-corrected chi connectivity index (χ3v) is 4.94. The van der Waals surface area contributed by atoms with Gasteiger partial charge in [0.05, 0.1) is 4.90 Å². The van der Waals surface area contributed by atoms with Crippen LogP contribution in [0.3, 0.4) is 0 Å². The molecule has 0 heterocycles. The first-order valence-electron chi connectivity index (χ1n) is 9.16. The van der Waals surface area contributed by atoms with Gasteiger partial charge in [-0.25, -0.2) is 18.4 Å². The number of ether oxygens (including phenoxy) is 1. The Morgan fingerprint density at radius 3 is 2.23 bits per heavy atom. The number of anilines is 1. The zero-order valence-electron chi connectivity index (χ0n) is 16.3. The Morgan fingerprint density at radius 1 is 1.03 bits per heavy atom. The molecule has 0 unspecified atom stereocenters. The normalized spacial score (nSPS) is 11.9. The van der Waals surface area contributed by atoms with E-state index in [4.69, 9.17) is 9.88 Å². The smallest absolute Gasteiger partial charge is 0.329 e.